The summed E-state index contributed by atoms with van der Waals surface area (Å²) < 4.78 is 4.81. The van der Waals surface area contributed by atoms with Crippen LogP contribution in [0.2, 0.25) is 0 Å². The molecule has 0 radical (unpaired) electrons. The third-order valence-corrected chi connectivity index (χ3v) is 1.44. The van der Waals surface area contributed by atoms with Crippen molar-refractivity contribution >= 4 is 18.3 Å². The van der Waals surface area contributed by atoms with E-state index in [-0.39, 0.29) is 6.29 Å². The zero-order valence-electron chi connectivity index (χ0n) is 9.16. The van der Waals surface area contributed by atoms with Crippen LogP contribution >= 0.6 is 0 Å². The number of carbonyl (C=O) groups excluding carboxylic acids is 2. The maximum atomic E-state index is 11.2. The zero-order chi connectivity index (χ0) is 12.3. The van der Waals surface area contributed by atoms with E-state index in [9.17, 15) is 14.4 Å². The Bertz CT molecular complexity index is 281. The van der Waals surface area contributed by atoms with Gasteiger partial charge in [-0.05, 0) is 27.7 Å². The van der Waals surface area contributed by atoms with E-state index in [1.165, 1.54) is 0 Å². The molecule has 0 spiro atoms. The summed E-state index contributed by atoms with van der Waals surface area (Å²) >= 11 is 0. The van der Waals surface area contributed by atoms with Crippen LogP contribution in [0.5, 0.6) is 0 Å². The van der Waals surface area contributed by atoms with Gasteiger partial charge in [-0.2, -0.15) is 0 Å². The van der Waals surface area contributed by atoms with Gasteiger partial charge in [0, 0.05) is 0 Å². The molecular formula is C9H15NO5. The van der Waals surface area contributed by atoms with Crippen molar-refractivity contribution in [2.24, 2.45) is 0 Å². The molecule has 0 aliphatic rings. The van der Waals surface area contributed by atoms with Crippen LogP contribution in [-0.2, 0) is 14.3 Å². The van der Waals surface area contributed by atoms with Crippen molar-refractivity contribution in [3.63, 3.8) is 0 Å². The first-order valence-electron chi connectivity index (χ1n) is 4.31. The lowest BCUT2D eigenvalue weighted by atomic mass is 10.1. The summed E-state index contributed by atoms with van der Waals surface area (Å²) in [5.41, 5.74) is -2.70. The topological polar surface area (TPSA) is 92.7 Å². The van der Waals surface area contributed by atoms with Crippen LogP contribution in [0, 0.1) is 0 Å². The fourth-order valence-corrected chi connectivity index (χ4v) is 0.649. The minimum absolute atomic E-state index is 0.138. The summed E-state index contributed by atoms with van der Waals surface area (Å²) in [7, 11) is 0. The van der Waals surface area contributed by atoms with Gasteiger partial charge in [0.25, 0.3) is 0 Å². The Hall–Kier alpha value is -1.59. The second-order valence-corrected chi connectivity index (χ2v) is 4.25. The van der Waals surface area contributed by atoms with Crippen LogP contribution in [0.15, 0.2) is 0 Å². The second-order valence-electron chi connectivity index (χ2n) is 4.25. The maximum absolute atomic E-state index is 11.2. The Morgan fingerprint density at radius 1 is 1.27 bits per heavy atom. The predicted molar refractivity (Wildman–Crippen MR) is 51.5 cm³/mol. The first kappa shape index (κ1) is 13.4. The van der Waals surface area contributed by atoms with Crippen molar-refractivity contribution in [2.75, 3.05) is 0 Å². The van der Waals surface area contributed by atoms with Crippen molar-refractivity contribution in [1.82, 2.24) is 5.32 Å². The molecule has 1 atom stereocenters. The molecule has 0 aromatic rings. The number of alkyl carbamates (subject to hydrolysis) is 1. The summed E-state index contributed by atoms with van der Waals surface area (Å²) in [6.07, 6.45) is -0.807. The number of amides is 1. The molecule has 0 aromatic heterocycles. The van der Waals surface area contributed by atoms with E-state index >= 15 is 0 Å². The van der Waals surface area contributed by atoms with Crippen molar-refractivity contribution < 1.29 is 24.2 Å². The normalized spacial score (nSPS) is 14.9. The molecule has 6 nitrogen and oxygen atoms in total. The Kier molecular flexibility index (Phi) is 3.83. The number of carbonyl (C=O) groups is 3. The van der Waals surface area contributed by atoms with E-state index < -0.39 is 23.2 Å². The van der Waals surface area contributed by atoms with Crippen LogP contribution in [0.3, 0.4) is 0 Å². The molecule has 0 bridgehead atoms. The number of nitrogens with one attached hydrogen (secondary N) is 1. The first-order valence-corrected chi connectivity index (χ1v) is 4.31. The Balaban J connectivity index is 4.52. The van der Waals surface area contributed by atoms with Gasteiger partial charge in [-0.25, -0.2) is 9.59 Å². The number of carboxylic acids is 1. The lowest BCUT2D eigenvalue weighted by molar-refractivity contribution is -0.146. The van der Waals surface area contributed by atoms with Gasteiger partial charge in [0.1, 0.15) is 5.60 Å². The highest BCUT2D eigenvalue weighted by Gasteiger charge is 2.36. The third-order valence-electron chi connectivity index (χ3n) is 1.44. The average Bonchev–Trinajstić information content (AvgIpc) is 1.99. The number of aliphatic carboxylic acids is 1. The molecule has 0 rings (SSSR count). The number of rotatable bonds is 3. The quantitative estimate of drug-likeness (QED) is 0.532. The molecule has 0 heterocycles. The van der Waals surface area contributed by atoms with Gasteiger partial charge in [0.2, 0.25) is 0 Å². The minimum atomic E-state index is -1.96. The molecule has 86 valence electrons. The lowest BCUT2D eigenvalue weighted by Gasteiger charge is -2.24. The molecule has 0 fully saturated rings. The van der Waals surface area contributed by atoms with Crippen LogP contribution in [0.25, 0.3) is 0 Å². The van der Waals surface area contributed by atoms with Crippen molar-refractivity contribution in [3.8, 4) is 0 Å². The predicted octanol–water partition coefficient (Wildman–Crippen LogP) is 0.553. The first-order chi connectivity index (χ1) is 6.60. The van der Waals surface area contributed by atoms with E-state index in [4.69, 9.17) is 9.84 Å². The fraction of sp³-hybridized carbons (Fsp3) is 0.667. The second kappa shape index (κ2) is 4.29. The Labute approximate surface area is 87.6 Å². The third kappa shape index (κ3) is 4.44. The van der Waals surface area contributed by atoms with E-state index in [1.807, 2.05) is 5.32 Å². The summed E-state index contributed by atoms with van der Waals surface area (Å²) in [6, 6.07) is 0. The van der Waals surface area contributed by atoms with Crippen LogP contribution < -0.4 is 5.32 Å². The van der Waals surface area contributed by atoms with Crippen LogP contribution in [0.1, 0.15) is 27.7 Å². The summed E-state index contributed by atoms with van der Waals surface area (Å²) in [4.78, 5) is 32.4. The standard InChI is InChI=1S/C9H15NO5/c1-8(2,3)15-7(14)10-9(4,5-11)6(12)13/h5H,1-4H3,(H,10,14)(H,12,13). The summed E-state index contributed by atoms with van der Waals surface area (Å²) in [5.74, 6) is -1.44. The molecule has 1 amide bonds. The van der Waals surface area contributed by atoms with Gasteiger partial charge in [-0.1, -0.05) is 0 Å². The Morgan fingerprint density at radius 2 is 1.73 bits per heavy atom. The summed E-state index contributed by atoms with van der Waals surface area (Å²) in [5, 5.41) is 10.6. The number of aldehydes is 1. The van der Waals surface area contributed by atoms with E-state index in [1.54, 1.807) is 20.8 Å². The monoisotopic (exact) mass is 217 g/mol. The summed E-state index contributed by atoms with van der Waals surface area (Å²) in [6.45, 7) is 5.97. The molecule has 2 N–H and O–H groups in total. The minimum Gasteiger partial charge on any atom is -0.479 e. The highest BCUT2D eigenvalue weighted by molar-refractivity contribution is 5.99. The molecule has 1 unspecified atom stereocenters. The zero-order valence-corrected chi connectivity index (χ0v) is 9.16. The lowest BCUT2D eigenvalue weighted by Crippen LogP contribution is -2.54. The van der Waals surface area contributed by atoms with E-state index in [0.29, 0.717) is 0 Å². The molecule has 0 aromatic carbocycles. The number of ether oxygens (including phenoxy) is 1. The molecular weight excluding hydrogens is 202 g/mol. The van der Waals surface area contributed by atoms with E-state index in [0.717, 1.165) is 6.92 Å². The van der Waals surface area contributed by atoms with Crippen LogP contribution in [0.4, 0.5) is 4.79 Å². The van der Waals surface area contributed by atoms with Crippen molar-refractivity contribution in [2.45, 2.75) is 38.8 Å². The van der Waals surface area contributed by atoms with Gasteiger partial charge >= 0.3 is 12.1 Å². The Morgan fingerprint density at radius 3 is 2.00 bits per heavy atom. The maximum Gasteiger partial charge on any atom is 0.408 e. The van der Waals surface area contributed by atoms with Crippen LogP contribution in [-0.4, -0.2) is 34.6 Å². The molecule has 6 heteroatoms. The van der Waals surface area contributed by atoms with Gasteiger partial charge in [0.15, 0.2) is 11.8 Å². The molecule has 0 saturated carbocycles. The smallest absolute Gasteiger partial charge is 0.408 e. The number of carboxylic acid groups (broad SMARTS) is 1. The average molecular weight is 217 g/mol. The SMILES string of the molecule is CC(C)(C)OC(=O)NC(C)(C=O)C(=O)O. The molecule has 0 aliphatic carbocycles. The van der Waals surface area contributed by atoms with Gasteiger partial charge < -0.3 is 14.6 Å². The van der Waals surface area contributed by atoms with Gasteiger partial charge in [-0.15, -0.1) is 0 Å². The van der Waals surface area contributed by atoms with E-state index in [2.05, 4.69) is 0 Å². The molecule has 0 aliphatic heterocycles. The number of hydrogen-bond donors (Lipinski definition) is 2. The highest BCUT2D eigenvalue weighted by Crippen LogP contribution is 2.08. The molecule has 15 heavy (non-hydrogen) atoms. The van der Waals surface area contributed by atoms with Gasteiger partial charge in [0.05, 0.1) is 0 Å². The van der Waals surface area contributed by atoms with Crippen molar-refractivity contribution in [1.29, 1.82) is 0 Å². The van der Waals surface area contributed by atoms with Gasteiger partial charge in [-0.3, -0.25) is 5.32 Å². The largest absolute Gasteiger partial charge is 0.479 e. The number of hydrogen-bond acceptors (Lipinski definition) is 4. The highest BCUT2D eigenvalue weighted by atomic mass is 16.6. The fourth-order valence-electron chi connectivity index (χ4n) is 0.649. The van der Waals surface area contributed by atoms with Crippen molar-refractivity contribution in [3.05, 3.63) is 0 Å². The molecule has 0 saturated heterocycles.